The van der Waals surface area contributed by atoms with Crippen LogP contribution in [0, 0.1) is 5.92 Å². The van der Waals surface area contributed by atoms with Gasteiger partial charge in [0.1, 0.15) is 0 Å². The normalized spacial score (nSPS) is 23.4. The molecule has 1 amide bonds. The van der Waals surface area contributed by atoms with Crippen LogP contribution in [0.25, 0.3) is 0 Å². The lowest BCUT2D eigenvalue weighted by Crippen LogP contribution is -2.54. The molecule has 4 nitrogen and oxygen atoms in total. The van der Waals surface area contributed by atoms with Crippen LogP contribution >= 0.6 is 0 Å². The fourth-order valence-corrected chi connectivity index (χ4v) is 2.85. The van der Waals surface area contributed by atoms with Gasteiger partial charge in [-0.05, 0) is 19.5 Å². The predicted molar refractivity (Wildman–Crippen MR) is 81.2 cm³/mol. The lowest BCUT2D eigenvalue weighted by atomic mass is 9.93. The van der Waals surface area contributed by atoms with E-state index in [2.05, 4.69) is 18.9 Å². The van der Waals surface area contributed by atoms with Crippen molar-refractivity contribution in [1.29, 1.82) is 0 Å². The number of hydrogen-bond acceptors (Lipinski definition) is 3. The van der Waals surface area contributed by atoms with E-state index in [1.807, 2.05) is 42.2 Å². The Bertz CT molecular complexity index is 448. The summed E-state index contributed by atoms with van der Waals surface area (Å²) in [7, 11) is 2.09. The predicted octanol–water partition coefficient (Wildman–Crippen LogP) is 1.49. The van der Waals surface area contributed by atoms with Crippen molar-refractivity contribution in [2.75, 3.05) is 26.7 Å². The number of carbonyl (C=O) groups excluding carboxylic acids is 1. The summed E-state index contributed by atoms with van der Waals surface area (Å²) in [5.74, 6) is -0.0230. The van der Waals surface area contributed by atoms with Gasteiger partial charge >= 0.3 is 0 Å². The molecule has 1 aromatic rings. The average molecular weight is 275 g/mol. The number of benzene rings is 1. The van der Waals surface area contributed by atoms with E-state index in [1.54, 1.807) is 0 Å². The highest BCUT2D eigenvalue weighted by molar-refractivity contribution is 5.80. The highest BCUT2D eigenvalue weighted by Gasteiger charge is 2.31. The lowest BCUT2D eigenvalue weighted by Gasteiger charge is -2.40. The molecule has 4 heteroatoms. The molecular weight excluding hydrogens is 250 g/mol. The van der Waals surface area contributed by atoms with E-state index in [4.69, 9.17) is 5.73 Å². The fraction of sp³-hybridized carbons (Fsp3) is 0.562. The van der Waals surface area contributed by atoms with E-state index in [9.17, 15) is 4.79 Å². The maximum atomic E-state index is 12.7. The van der Waals surface area contributed by atoms with Gasteiger partial charge in [0.25, 0.3) is 0 Å². The molecule has 0 aromatic heterocycles. The molecule has 1 fully saturated rings. The van der Waals surface area contributed by atoms with Crippen LogP contribution in [0.4, 0.5) is 0 Å². The topological polar surface area (TPSA) is 49.6 Å². The summed E-state index contributed by atoms with van der Waals surface area (Å²) < 4.78 is 0. The molecule has 110 valence electrons. The van der Waals surface area contributed by atoms with Crippen molar-refractivity contribution in [2.45, 2.75) is 25.9 Å². The number of likely N-dealkylation sites (N-methyl/N-ethyl adjacent to an activating group) is 1. The smallest absolute Gasteiger partial charge is 0.227 e. The van der Waals surface area contributed by atoms with Crippen molar-refractivity contribution in [3.05, 3.63) is 35.9 Å². The Morgan fingerprint density at radius 1 is 1.30 bits per heavy atom. The van der Waals surface area contributed by atoms with Gasteiger partial charge in [-0.3, -0.25) is 4.79 Å². The van der Waals surface area contributed by atoms with Crippen LogP contribution in [-0.2, 0) is 4.79 Å². The second kappa shape index (κ2) is 6.37. The third-order valence-corrected chi connectivity index (χ3v) is 4.23. The zero-order valence-electron chi connectivity index (χ0n) is 12.6. The number of nitrogens with two attached hydrogens (primary N) is 1. The zero-order chi connectivity index (χ0) is 14.7. The summed E-state index contributed by atoms with van der Waals surface area (Å²) >= 11 is 0. The summed E-state index contributed by atoms with van der Waals surface area (Å²) in [6, 6.07) is 9.88. The highest BCUT2D eigenvalue weighted by Crippen LogP contribution is 2.22. The average Bonchev–Trinajstić information content (AvgIpc) is 2.46. The fourth-order valence-electron chi connectivity index (χ4n) is 2.85. The van der Waals surface area contributed by atoms with E-state index in [0.717, 1.165) is 25.2 Å². The van der Waals surface area contributed by atoms with Crippen molar-refractivity contribution in [1.82, 2.24) is 9.80 Å². The molecular formula is C16H25N3O. The molecule has 1 aromatic carbocycles. The van der Waals surface area contributed by atoms with Crippen molar-refractivity contribution in [3.8, 4) is 0 Å². The second-order valence-corrected chi connectivity index (χ2v) is 5.87. The van der Waals surface area contributed by atoms with Crippen LogP contribution in [0.2, 0.25) is 0 Å². The van der Waals surface area contributed by atoms with Crippen LogP contribution in [0.3, 0.4) is 0 Å². The van der Waals surface area contributed by atoms with Gasteiger partial charge in [-0.1, -0.05) is 37.3 Å². The minimum atomic E-state index is -0.240. The van der Waals surface area contributed by atoms with Gasteiger partial charge in [0.2, 0.25) is 5.91 Å². The Balaban J connectivity index is 2.05. The summed E-state index contributed by atoms with van der Waals surface area (Å²) in [6.45, 7) is 6.70. The first-order valence-corrected chi connectivity index (χ1v) is 7.30. The molecule has 2 N–H and O–H groups in total. The number of amides is 1. The van der Waals surface area contributed by atoms with Crippen LogP contribution in [0.1, 0.15) is 25.5 Å². The second-order valence-electron chi connectivity index (χ2n) is 5.87. The molecule has 1 saturated heterocycles. The zero-order valence-corrected chi connectivity index (χ0v) is 12.6. The third-order valence-electron chi connectivity index (χ3n) is 4.23. The maximum absolute atomic E-state index is 12.7. The summed E-state index contributed by atoms with van der Waals surface area (Å²) in [5, 5.41) is 0. The number of carbonyl (C=O) groups is 1. The van der Waals surface area contributed by atoms with Gasteiger partial charge in [-0.15, -0.1) is 0 Å². The van der Waals surface area contributed by atoms with E-state index < -0.39 is 0 Å². The SMILES string of the molecule is CC(C(=O)N1CCN(C)CC1C)C(N)c1ccccc1. The standard InChI is InChI=1S/C16H25N3O/c1-12-11-18(3)9-10-19(12)16(20)13(2)15(17)14-7-5-4-6-8-14/h4-8,12-13,15H,9-11,17H2,1-3H3. The Morgan fingerprint density at radius 3 is 2.55 bits per heavy atom. The van der Waals surface area contributed by atoms with Gasteiger partial charge in [-0.2, -0.15) is 0 Å². The van der Waals surface area contributed by atoms with Crippen LogP contribution in [-0.4, -0.2) is 48.4 Å². The Morgan fingerprint density at radius 2 is 1.95 bits per heavy atom. The molecule has 0 saturated carbocycles. The Labute approximate surface area is 121 Å². The summed E-state index contributed by atoms with van der Waals surface area (Å²) in [6.07, 6.45) is 0. The minimum Gasteiger partial charge on any atom is -0.337 e. The number of hydrogen-bond donors (Lipinski definition) is 1. The minimum absolute atomic E-state index is 0.168. The molecule has 1 heterocycles. The largest absolute Gasteiger partial charge is 0.337 e. The summed E-state index contributed by atoms with van der Waals surface area (Å²) in [4.78, 5) is 16.9. The molecule has 1 aliphatic rings. The van der Waals surface area contributed by atoms with Gasteiger partial charge in [0.15, 0.2) is 0 Å². The molecule has 0 bridgehead atoms. The van der Waals surface area contributed by atoms with E-state index in [-0.39, 0.29) is 23.9 Å². The molecule has 0 radical (unpaired) electrons. The highest BCUT2D eigenvalue weighted by atomic mass is 16.2. The first-order valence-electron chi connectivity index (χ1n) is 7.30. The third kappa shape index (κ3) is 3.19. The van der Waals surface area contributed by atoms with E-state index >= 15 is 0 Å². The quantitative estimate of drug-likeness (QED) is 0.909. The van der Waals surface area contributed by atoms with Gasteiger partial charge in [0, 0.05) is 31.7 Å². The molecule has 0 aliphatic carbocycles. The Hall–Kier alpha value is -1.39. The van der Waals surface area contributed by atoms with Gasteiger partial charge < -0.3 is 15.5 Å². The first-order chi connectivity index (χ1) is 9.50. The first kappa shape index (κ1) is 15.0. The van der Waals surface area contributed by atoms with Gasteiger partial charge in [0.05, 0.1) is 5.92 Å². The maximum Gasteiger partial charge on any atom is 0.227 e. The van der Waals surface area contributed by atoms with Gasteiger partial charge in [-0.25, -0.2) is 0 Å². The van der Waals surface area contributed by atoms with Crippen molar-refractivity contribution >= 4 is 5.91 Å². The number of rotatable bonds is 3. The van der Waals surface area contributed by atoms with Crippen LogP contribution in [0.5, 0.6) is 0 Å². The van der Waals surface area contributed by atoms with Crippen molar-refractivity contribution in [3.63, 3.8) is 0 Å². The van der Waals surface area contributed by atoms with E-state index in [0.29, 0.717) is 0 Å². The van der Waals surface area contributed by atoms with Crippen LogP contribution < -0.4 is 5.73 Å². The number of nitrogens with zero attached hydrogens (tertiary/aromatic N) is 2. The molecule has 3 atom stereocenters. The number of piperazine rings is 1. The molecule has 0 spiro atoms. The molecule has 3 unspecified atom stereocenters. The Kier molecular flexibility index (Phi) is 4.78. The molecule has 2 rings (SSSR count). The van der Waals surface area contributed by atoms with E-state index in [1.165, 1.54) is 0 Å². The molecule has 1 aliphatic heterocycles. The summed E-state index contributed by atoms with van der Waals surface area (Å²) in [5.41, 5.74) is 7.28. The molecule has 20 heavy (non-hydrogen) atoms. The van der Waals surface area contributed by atoms with Crippen molar-refractivity contribution in [2.24, 2.45) is 11.7 Å². The monoisotopic (exact) mass is 275 g/mol. The lowest BCUT2D eigenvalue weighted by molar-refractivity contribution is -0.140. The van der Waals surface area contributed by atoms with Crippen LogP contribution in [0.15, 0.2) is 30.3 Å². The van der Waals surface area contributed by atoms with Crippen molar-refractivity contribution < 1.29 is 4.79 Å².